The average molecular weight is 264 g/mol. The molecule has 96 valence electrons. The molecule has 0 fully saturated rings. The molecular weight excluding hydrogens is 246 g/mol. The number of nitrogens with zero attached hydrogens (tertiary/aromatic N) is 2. The highest BCUT2D eigenvalue weighted by Crippen LogP contribution is 2.22. The van der Waals surface area contributed by atoms with E-state index in [4.69, 9.17) is 17.3 Å². The molecule has 0 radical (unpaired) electrons. The van der Waals surface area contributed by atoms with Gasteiger partial charge in [0.15, 0.2) is 0 Å². The lowest BCUT2D eigenvalue weighted by molar-refractivity contribution is 0.802. The van der Waals surface area contributed by atoms with Crippen LogP contribution in [0.25, 0.3) is 5.69 Å². The molecule has 1 heterocycles. The Hall–Kier alpha value is -1.32. The molecule has 0 spiro atoms. The maximum absolute atomic E-state index is 6.10. The third-order valence-corrected chi connectivity index (χ3v) is 3.15. The zero-order chi connectivity index (χ0) is 13.0. The molecule has 0 atom stereocenters. The normalized spacial score (nSPS) is 10.8. The lowest BCUT2D eigenvalue weighted by atomic mass is 10.1. The SMILES string of the molecule is CCCc1nccn1-c1cc(Cl)ccc1CCN. The monoisotopic (exact) mass is 263 g/mol. The van der Waals surface area contributed by atoms with E-state index >= 15 is 0 Å². The fourth-order valence-electron chi connectivity index (χ4n) is 2.09. The molecule has 0 aliphatic carbocycles. The van der Waals surface area contributed by atoms with Crippen LogP contribution < -0.4 is 5.73 Å². The molecule has 0 unspecified atom stereocenters. The molecule has 0 saturated carbocycles. The van der Waals surface area contributed by atoms with Crippen molar-refractivity contribution in [3.8, 4) is 5.69 Å². The second-order valence-electron chi connectivity index (χ2n) is 4.28. The number of halogens is 1. The molecule has 2 aromatic rings. The minimum Gasteiger partial charge on any atom is -0.330 e. The zero-order valence-corrected chi connectivity index (χ0v) is 11.3. The van der Waals surface area contributed by atoms with Crippen LogP contribution >= 0.6 is 11.6 Å². The van der Waals surface area contributed by atoms with Crippen LogP contribution in [-0.4, -0.2) is 16.1 Å². The summed E-state index contributed by atoms with van der Waals surface area (Å²) >= 11 is 6.10. The molecule has 2 rings (SSSR count). The van der Waals surface area contributed by atoms with E-state index in [1.54, 1.807) is 0 Å². The van der Waals surface area contributed by atoms with Crippen LogP contribution in [-0.2, 0) is 12.8 Å². The number of benzene rings is 1. The van der Waals surface area contributed by atoms with Gasteiger partial charge in [-0.15, -0.1) is 0 Å². The van der Waals surface area contributed by atoms with Gasteiger partial charge in [-0.2, -0.15) is 0 Å². The van der Waals surface area contributed by atoms with Gasteiger partial charge in [-0.05, 0) is 37.1 Å². The quantitative estimate of drug-likeness (QED) is 0.901. The molecule has 2 N–H and O–H groups in total. The third-order valence-electron chi connectivity index (χ3n) is 2.91. The minimum atomic E-state index is 0.631. The van der Waals surface area contributed by atoms with Gasteiger partial charge in [0.1, 0.15) is 5.82 Å². The first-order valence-corrected chi connectivity index (χ1v) is 6.65. The van der Waals surface area contributed by atoms with Crippen LogP contribution in [0.15, 0.2) is 30.6 Å². The molecule has 1 aromatic heterocycles. The van der Waals surface area contributed by atoms with Gasteiger partial charge in [0.25, 0.3) is 0 Å². The summed E-state index contributed by atoms with van der Waals surface area (Å²) in [5, 5.41) is 0.738. The number of aryl methyl sites for hydroxylation is 1. The highest BCUT2D eigenvalue weighted by Gasteiger charge is 2.09. The Labute approximate surface area is 113 Å². The second kappa shape index (κ2) is 6.03. The van der Waals surface area contributed by atoms with Crippen molar-refractivity contribution < 1.29 is 0 Å². The Balaban J connectivity index is 2.47. The summed E-state index contributed by atoms with van der Waals surface area (Å²) in [7, 11) is 0. The van der Waals surface area contributed by atoms with Gasteiger partial charge >= 0.3 is 0 Å². The first-order chi connectivity index (χ1) is 8.76. The molecule has 0 bridgehead atoms. The standard InChI is InChI=1S/C14H18ClN3/c1-2-3-14-17-8-9-18(14)13-10-12(15)5-4-11(13)6-7-16/h4-5,8-10H,2-3,6-7,16H2,1H3. The van der Waals surface area contributed by atoms with Gasteiger partial charge in [-0.25, -0.2) is 4.98 Å². The smallest absolute Gasteiger partial charge is 0.113 e. The molecule has 0 aliphatic heterocycles. The number of nitrogens with two attached hydrogens (primary N) is 1. The number of rotatable bonds is 5. The summed E-state index contributed by atoms with van der Waals surface area (Å²) in [5.41, 5.74) is 7.96. The van der Waals surface area contributed by atoms with Crippen molar-refractivity contribution in [2.75, 3.05) is 6.54 Å². The van der Waals surface area contributed by atoms with E-state index in [1.807, 2.05) is 30.6 Å². The first-order valence-electron chi connectivity index (χ1n) is 6.27. The molecular formula is C14H18ClN3. The summed E-state index contributed by atoms with van der Waals surface area (Å²) in [5.74, 6) is 1.07. The van der Waals surface area contributed by atoms with Gasteiger partial charge in [0.05, 0.1) is 5.69 Å². The molecule has 3 nitrogen and oxygen atoms in total. The summed E-state index contributed by atoms with van der Waals surface area (Å²) < 4.78 is 2.11. The van der Waals surface area contributed by atoms with Gasteiger partial charge < -0.3 is 10.3 Å². The molecule has 0 saturated heterocycles. The minimum absolute atomic E-state index is 0.631. The lowest BCUT2D eigenvalue weighted by Crippen LogP contribution is -2.08. The predicted octanol–water partition coefficient (Wildman–Crippen LogP) is 2.98. The third kappa shape index (κ3) is 2.74. The number of aromatic nitrogens is 2. The summed E-state index contributed by atoms with van der Waals surface area (Å²) in [6.07, 6.45) is 6.69. The van der Waals surface area contributed by atoms with E-state index in [9.17, 15) is 0 Å². The number of hydrogen-bond donors (Lipinski definition) is 1. The zero-order valence-electron chi connectivity index (χ0n) is 10.6. The van der Waals surface area contributed by atoms with E-state index in [2.05, 4.69) is 16.5 Å². The second-order valence-corrected chi connectivity index (χ2v) is 4.71. The van der Waals surface area contributed by atoms with Crippen LogP contribution in [0.5, 0.6) is 0 Å². The lowest BCUT2D eigenvalue weighted by Gasteiger charge is -2.13. The number of imidazole rings is 1. The number of hydrogen-bond acceptors (Lipinski definition) is 2. The fraction of sp³-hybridized carbons (Fsp3) is 0.357. The van der Waals surface area contributed by atoms with Crippen LogP contribution in [0, 0.1) is 0 Å². The van der Waals surface area contributed by atoms with Gasteiger partial charge in [-0.3, -0.25) is 0 Å². The molecule has 0 amide bonds. The first kappa shape index (κ1) is 13.1. The largest absolute Gasteiger partial charge is 0.330 e. The van der Waals surface area contributed by atoms with E-state index in [0.717, 1.165) is 35.8 Å². The van der Waals surface area contributed by atoms with Gasteiger partial charge in [0.2, 0.25) is 0 Å². The average Bonchev–Trinajstić information content (AvgIpc) is 2.80. The van der Waals surface area contributed by atoms with Crippen LogP contribution in [0.2, 0.25) is 5.02 Å². The van der Waals surface area contributed by atoms with E-state index < -0.39 is 0 Å². The summed E-state index contributed by atoms with van der Waals surface area (Å²) in [4.78, 5) is 4.40. The molecule has 1 aromatic carbocycles. The van der Waals surface area contributed by atoms with Gasteiger partial charge in [-0.1, -0.05) is 24.6 Å². The van der Waals surface area contributed by atoms with Crippen molar-refractivity contribution in [1.29, 1.82) is 0 Å². The highest BCUT2D eigenvalue weighted by molar-refractivity contribution is 6.30. The van der Waals surface area contributed by atoms with Crippen molar-refractivity contribution in [1.82, 2.24) is 9.55 Å². The van der Waals surface area contributed by atoms with E-state index in [1.165, 1.54) is 5.56 Å². The van der Waals surface area contributed by atoms with Crippen molar-refractivity contribution >= 4 is 11.6 Å². The van der Waals surface area contributed by atoms with Crippen LogP contribution in [0.1, 0.15) is 24.7 Å². The Bertz CT molecular complexity index is 520. The molecule has 18 heavy (non-hydrogen) atoms. The van der Waals surface area contributed by atoms with Crippen LogP contribution in [0.4, 0.5) is 0 Å². The van der Waals surface area contributed by atoms with E-state index in [-0.39, 0.29) is 0 Å². The highest BCUT2D eigenvalue weighted by atomic mass is 35.5. The Morgan fingerprint density at radius 3 is 2.89 bits per heavy atom. The maximum atomic E-state index is 6.10. The van der Waals surface area contributed by atoms with Crippen molar-refractivity contribution in [2.45, 2.75) is 26.2 Å². The fourth-order valence-corrected chi connectivity index (χ4v) is 2.26. The van der Waals surface area contributed by atoms with Gasteiger partial charge in [0, 0.05) is 23.8 Å². The van der Waals surface area contributed by atoms with Crippen LogP contribution in [0.3, 0.4) is 0 Å². The molecule has 4 heteroatoms. The Morgan fingerprint density at radius 1 is 1.33 bits per heavy atom. The Morgan fingerprint density at radius 2 is 2.17 bits per heavy atom. The topological polar surface area (TPSA) is 43.8 Å². The predicted molar refractivity (Wildman–Crippen MR) is 75.3 cm³/mol. The Kier molecular flexibility index (Phi) is 4.39. The van der Waals surface area contributed by atoms with Crippen molar-refractivity contribution in [3.63, 3.8) is 0 Å². The van der Waals surface area contributed by atoms with Crippen molar-refractivity contribution in [3.05, 3.63) is 47.0 Å². The maximum Gasteiger partial charge on any atom is 0.113 e. The van der Waals surface area contributed by atoms with Crippen molar-refractivity contribution in [2.24, 2.45) is 5.73 Å². The summed E-state index contributed by atoms with van der Waals surface area (Å²) in [6.45, 7) is 2.78. The summed E-state index contributed by atoms with van der Waals surface area (Å²) in [6, 6.07) is 5.93. The molecule has 0 aliphatic rings. The van der Waals surface area contributed by atoms with E-state index in [0.29, 0.717) is 6.54 Å².